The highest BCUT2D eigenvalue weighted by atomic mass is 16.3. The van der Waals surface area contributed by atoms with Gasteiger partial charge in [-0.15, -0.1) is 0 Å². The monoisotopic (exact) mass is 338 g/mol. The molecule has 0 saturated carbocycles. The van der Waals surface area contributed by atoms with Gasteiger partial charge in [-0.3, -0.25) is 0 Å². The second-order valence-corrected chi connectivity index (χ2v) is 7.34. The average Bonchev–Trinajstić information content (AvgIpc) is 3.03. The lowest BCUT2D eigenvalue weighted by Gasteiger charge is -2.24. The van der Waals surface area contributed by atoms with E-state index in [0.29, 0.717) is 6.17 Å². The molecule has 1 aliphatic heterocycles. The summed E-state index contributed by atoms with van der Waals surface area (Å²) >= 11 is 0. The third kappa shape index (κ3) is 11.0. The molecular weight excluding hydrogens is 296 g/mol. The van der Waals surface area contributed by atoms with Gasteiger partial charge in [-0.1, -0.05) is 90.4 Å². The summed E-state index contributed by atoms with van der Waals surface area (Å²) in [5, 5.41) is 12.4. The predicted molar refractivity (Wildman–Crippen MR) is 105 cm³/mol. The standard InChI is InChI=1S/C21H42N2O/c1-2-3-4-5-6-7-8-9-10-11-12-13-14-15-16-21-22-17-18-23(21)19-20-24/h17-18,21-22,24H,2-16,19-20H2,1H3. The molecule has 2 N–H and O–H groups in total. The van der Waals surface area contributed by atoms with E-state index in [2.05, 4.69) is 23.3 Å². The van der Waals surface area contributed by atoms with Crippen LogP contribution in [0.4, 0.5) is 0 Å². The fourth-order valence-electron chi connectivity index (χ4n) is 3.58. The molecule has 142 valence electrons. The van der Waals surface area contributed by atoms with E-state index in [4.69, 9.17) is 5.11 Å². The van der Waals surface area contributed by atoms with Gasteiger partial charge in [-0.05, 0) is 12.8 Å². The predicted octanol–water partition coefficient (Wildman–Crippen LogP) is 5.55. The van der Waals surface area contributed by atoms with Crippen LogP contribution in [-0.2, 0) is 0 Å². The number of β-amino-alcohol motifs (C(OH)–C–C–N with tert-alkyl or cyclic N) is 1. The Balaban J connectivity index is 1.76. The van der Waals surface area contributed by atoms with Crippen molar-refractivity contribution in [1.29, 1.82) is 0 Å². The zero-order chi connectivity index (χ0) is 17.3. The fourth-order valence-corrected chi connectivity index (χ4v) is 3.58. The maximum Gasteiger partial charge on any atom is 0.0982 e. The van der Waals surface area contributed by atoms with Crippen molar-refractivity contribution in [1.82, 2.24) is 10.2 Å². The topological polar surface area (TPSA) is 35.5 Å². The zero-order valence-corrected chi connectivity index (χ0v) is 16.1. The molecule has 0 bridgehead atoms. The molecule has 0 radical (unpaired) electrons. The summed E-state index contributed by atoms with van der Waals surface area (Å²) in [6.45, 7) is 3.27. The third-order valence-corrected chi connectivity index (χ3v) is 5.14. The van der Waals surface area contributed by atoms with E-state index >= 15 is 0 Å². The van der Waals surface area contributed by atoms with Gasteiger partial charge < -0.3 is 15.3 Å². The van der Waals surface area contributed by atoms with E-state index in [1.807, 2.05) is 6.20 Å². The van der Waals surface area contributed by atoms with Crippen LogP contribution in [0.2, 0.25) is 0 Å². The molecule has 1 unspecified atom stereocenters. The number of hydrogen-bond donors (Lipinski definition) is 2. The Morgan fingerprint density at radius 1 is 0.792 bits per heavy atom. The molecular formula is C21H42N2O. The summed E-state index contributed by atoms with van der Waals surface area (Å²) in [5.41, 5.74) is 0. The number of aliphatic hydroxyl groups is 1. The van der Waals surface area contributed by atoms with Crippen LogP contribution >= 0.6 is 0 Å². The molecule has 0 aromatic rings. The average molecular weight is 339 g/mol. The molecule has 0 aromatic heterocycles. The molecule has 0 amide bonds. The lowest BCUT2D eigenvalue weighted by atomic mass is 10.0. The van der Waals surface area contributed by atoms with Gasteiger partial charge in [0.25, 0.3) is 0 Å². The first-order valence-electron chi connectivity index (χ1n) is 10.7. The molecule has 0 saturated heterocycles. The molecule has 1 atom stereocenters. The second kappa shape index (κ2) is 15.8. The van der Waals surface area contributed by atoms with Gasteiger partial charge in [0.1, 0.15) is 0 Å². The van der Waals surface area contributed by atoms with Crippen molar-refractivity contribution in [2.24, 2.45) is 0 Å². The van der Waals surface area contributed by atoms with Crippen LogP contribution in [0.25, 0.3) is 0 Å². The van der Waals surface area contributed by atoms with Crippen molar-refractivity contribution in [3.63, 3.8) is 0 Å². The second-order valence-electron chi connectivity index (χ2n) is 7.34. The number of nitrogens with one attached hydrogen (secondary N) is 1. The molecule has 3 nitrogen and oxygen atoms in total. The first kappa shape index (κ1) is 21.3. The van der Waals surface area contributed by atoms with Crippen molar-refractivity contribution in [2.45, 2.75) is 109 Å². The van der Waals surface area contributed by atoms with Gasteiger partial charge in [-0.2, -0.15) is 0 Å². The van der Waals surface area contributed by atoms with E-state index in [1.54, 1.807) is 0 Å². The molecule has 1 heterocycles. The summed E-state index contributed by atoms with van der Waals surface area (Å²) in [6.07, 6.45) is 25.4. The quantitative estimate of drug-likeness (QED) is 0.341. The lowest BCUT2D eigenvalue weighted by molar-refractivity contribution is 0.194. The smallest absolute Gasteiger partial charge is 0.0982 e. The number of rotatable bonds is 17. The fraction of sp³-hybridized carbons (Fsp3) is 0.905. The van der Waals surface area contributed by atoms with Crippen LogP contribution < -0.4 is 5.32 Å². The highest BCUT2D eigenvalue weighted by Gasteiger charge is 2.16. The summed E-state index contributed by atoms with van der Waals surface area (Å²) in [7, 11) is 0. The highest BCUT2D eigenvalue weighted by molar-refractivity contribution is 4.93. The van der Waals surface area contributed by atoms with Crippen LogP contribution in [-0.4, -0.2) is 29.3 Å². The van der Waals surface area contributed by atoms with Gasteiger partial charge in [0.05, 0.1) is 12.8 Å². The van der Waals surface area contributed by atoms with E-state index in [1.165, 1.54) is 96.3 Å². The van der Waals surface area contributed by atoms with Crippen LogP contribution in [0.15, 0.2) is 12.4 Å². The Bertz CT molecular complexity index is 294. The minimum Gasteiger partial charge on any atom is -0.395 e. The van der Waals surface area contributed by atoms with E-state index < -0.39 is 0 Å². The van der Waals surface area contributed by atoms with Crippen molar-refractivity contribution in [2.75, 3.05) is 13.2 Å². The minimum atomic E-state index is 0.237. The Kier molecular flexibility index (Phi) is 14.1. The summed E-state index contributed by atoms with van der Waals surface area (Å²) in [6, 6.07) is 0. The minimum absolute atomic E-state index is 0.237. The number of hydrogen-bond acceptors (Lipinski definition) is 3. The van der Waals surface area contributed by atoms with E-state index in [0.717, 1.165) is 6.54 Å². The Morgan fingerprint density at radius 3 is 1.79 bits per heavy atom. The van der Waals surface area contributed by atoms with Crippen LogP contribution in [0.5, 0.6) is 0 Å². The van der Waals surface area contributed by atoms with Gasteiger partial charge in [-0.25, -0.2) is 0 Å². The van der Waals surface area contributed by atoms with Crippen molar-refractivity contribution >= 4 is 0 Å². The van der Waals surface area contributed by atoms with Gasteiger partial charge in [0, 0.05) is 18.9 Å². The molecule has 1 aliphatic rings. The number of unbranched alkanes of at least 4 members (excludes halogenated alkanes) is 13. The van der Waals surface area contributed by atoms with Crippen LogP contribution in [0.3, 0.4) is 0 Å². The highest BCUT2D eigenvalue weighted by Crippen LogP contribution is 2.15. The first-order valence-corrected chi connectivity index (χ1v) is 10.7. The Morgan fingerprint density at radius 2 is 1.29 bits per heavy atom. The van der Waals surface area contributed by atoms with Gasteiger partial charge >= 0.3 is 0 Å². The number of nitrogens with zero attached hydrogens (tertiary/aromatic N) is 1. The molecule has 24 heavy (non-hydrogen) atoms. The first-order chi connectivity index (χ1) is 11.9. The van der Waals surface area contributed by atoms with Crippen molar-refractivity contribution in [3.05, 3.63) is 12.4 Å². The van der Waals surface area contributed by atoms with E-state index in [9.17, 15) is 0 Å². The Labute approximate surface area is 150 Å². The van der Waals surface area contributed by atoms with E-state index in [-0.39, 0.29) is 6.61 Å². The summed E-state index contributed by atoms with van der Waals surface area (Å²) < 4.78 is 0. The molecule has 3 heteroatoms. The molecule has 0 aromatic carbocycles. The lowest BCUT2D eigenvalue weighted by Crippen LogP contribution is -2.36. The molecule has 0 aliphatic carbocycles. The zero-order valence-electron chi connectivity index (χ0n) is 16.1. The largest absolute Gasteiger partial charge is 0.395 e. The van der Waals surface area contributed by atoms with Crippen molar-refractivity contribution < 1.29 is 5.11 Å². The molecule has 0 spiro atoms. The third-order valence-electron chi connectivity index (χ3n) is 5.14. The van der Waals surface area contributed by atoms with Gasteiger partial charge in [0.2, 0.25) is 0 Å². The van der Waals surface area contributed by atoms with Crippen LogP contribution in [0.1, 0.15) is 103 Å². The van der Waals surface area contributed by atoms with Crippen molar-refractivity contribution in [3.8, 4) is 0 Å². The van der Waals surface area contributed by atoms with Gasteiger partial charge in [0.15, 0.2) is 0 Å². The SMILES string of the molecule is CCCCCCCCCCCCCCCCC1NC=CN1CCO. The summed E-state index contributed by atoms with van der Waals surface area (Å²) in [5.74, 6) is 0. The molecule has 0 fully saturated rings. The van der Waals surface area contributed by atoms with Crippen LogP contribution in [0, 0.1) is 0 Å². The normalized spacial score (nSPS) is 16.8. The maximum absolute atomic E-state index is 9.04. The Hall–Kier alpha value is -0.700. The number of aliphatic hydroxyl groups excluding tert-OH is 1. The maximum atomic E-state index is 9.04. The summed E-state index contributed by atoms with van der Waals surface area (Å²) in [4.78, 5) is 2.21. The molecule has 1 rings (SSSR count).